The average Bonchev–Trinajstić information content (AvgIpc) is 2.69. The Morgan fingerprint density at radius 1 is 1.64 bits per heavy atom. The minimum Gasteiger partial charge on any atom is -0.381 e. The Bertz CT molecular complexity index is 292. The van der Waals surface area contributed by atoms with Crippen molar-refractivity contribution in [3.05, 3.63) is 11.7 Å². The average molecular weight is 197 g/mol. The van der Waals surface area contributed by atoms with Crippen LogP contribution >= 0.6 is 0 Å². The molecule has 2 unspecified atom stereocenters. The summed E-state index contributed by atoms with van der Waals surface area (Å²) in [6.45, 7) is 3.42. The molecule has 78 valence electrons. The van der Waals surface area contributed by atoms with Crippen molar-refractivity contribution < 1.29 is 9.26 Å². The maximum absolute atomic E-state index is 5.63. The molecule has 0 amide bonds. The Morgan fingerprint density at radius 3 is 3.14 bits per heavy atom. The molecule has 2 heterocycles. The van der Waals surface area contributed by atoms with Crippen molar-refractivity contribution in [3.8, 4) is 0 Å². The van der Waals surface area contributed by atoms with E-state index in [9.17, 15) is 0 Å². The molecule has 2 rings (SSSR count). The third-order valence-corrected chi connectivity index (χ3v) is 2.28. The molecule has 1 saturated heterocycles. The van der Waals surface area contributed by atoms with Crippen LogP contribution in [0.4, 0.5) is 0 Å². The predicted octanol–water partition coefficient (Wildman–Crippen LogP) is 0.463. The first-order valence-corrected chi connectivity index (χ1v) is 4.91. The second-order valence-corrected chi connectivity index (χ2v) is 3.79. The third kappa shape index (κ3) is 2.10. The van der Waals surface area contributed by atoms with Crippen LogP contribution in [0.3, 0.4) is 0 Å². The van der Waals surface area contributed by atoms with Crippen molar-refractivity contribution in [2.24, 2.45) is 5.73 Å². The maximum Gasteiger partial charge on any atom is 0.228 e. The molecule has 1 aliphatic rings. The summed E-state index contributed by atoms with van der Waals surface area (Å²) in [5, 5.41) is 3.93. The molecule has 0 saturated carbocycles. The van der Waals surface area contributed by atoms with E-state index >= 15 is 0 Å². The van der Waals surface area contributed by atoms with E-state index in [1.54, 1.807) is 0 Å². The van der Waals surface area contributed by atoms with Crippen molar-refractivity contribution >= 4 is 0 Å². The molecule has 1 aliphatic heterocycles. The van der Waals surface area contributed by atoms with Crippen LogP contribution in [0, 0.1) is 0 Å². The van der Waals surface area contributed by atoms with Crippen LogP contribution in [0.5, 0.6) is 0 Å². The number of ether oxygens (including phenoxy) is 1. The van der Waals surface area contributed by atoms with E-state index in [1.165, 1.54) is 0 Å². The molecule has 0 aliphatic carbocycles. The van der Waals surface area contributed by atoms with Crippen molar-refractivity contribution in [2.75, 3.05) is 13.2 Å². The topological polar surface area (TPSA) is 74.2 Å². The lowest BCUT2D eigenvalue weighted by molar-refractivity contribution is 0.192. The van der Waals surface area contributed by atoms with Gasteiger partial charge in [-0.25, -0.2) is 0 Å². The van der Waals surface area contributed by atoms with E-state index in [1.807, 2.05) is 6.92 Å². The Hall–Kier alpha value is -0.940. The Morgan fingerprint density at radius 2 is 2.50 bits per heavy atom. The molecular weight excluding hydrogens is 182 g/mol. The van der Waals surface area contributed by atoms with Gasteiger partial charge in [0.05, 0.1) is 6.61 Å². The monoisotopic (exact) mass is 197 g/mol. The summed E-state index contributed by atoms with van der Waals surface area (Å²) in [6, 6.07) is 0.0585. The van der Waals surface area contributed by atoms with Crippen LogP contribution in [0.1, 0.15) is 31.0 Å². The number of hydrogen-bond donors (Lipinski definition) is 1. The molecule has 5 heteroatoms. The number of nitrogens with zero attached hydrogens (tertiary/aromatic N) is 2. The fraction of sp³-hybridized carbons (Fsp3) is 0.778. The van der Waals surface area contributed by atoms with Gasteiger partial charge in [-0.05, 0) is 13.3 Å². The minimum absolute atomic E-state index is 0.0585. The predicted molar refractivity (Wildman–Crippen MR) is 49.8 cm³/mol. The standard InChI is InChI=1S/C9H15N3O2/c1-6(10)4-8-11-9(12-14-8)7-2-3-13-5-7/h6-7H,2-5,10H2,1H3. The molecule has 5 nitrogen and oxygen atoms in total. The molecule has 1 fully saturated rings. The third-order valence-electron chi connectivity index (χ3n) is 2.28. The van der Waals surface area contributed by atoms with E-state index < -0.39 is 0 Å². The van der Waals surface area contributed by atoms with Gasteiger partial charge in [0.2, 0.25) is 5.89 Å². The summed E-state index contributed by atoms with van der Waals surface area (Å²) in [7, 11) is 0. The zero-order valence-corrected chi connectivity index (χ0v) is 8.27. The Labute approximate surface area is 82.6 Å². The fourth-order valence-corrected chi connectivity index (χ4v) is 1.53. The van der Waals surface area contributed by atoms with E-state index in [0.29, 0.717) is 24.8 Å². The van der Waals surface area contributed by atoms with Crippen LogP contribution in [0.15, 0.2) is 4.52 Å². The zero-order chi connectivity index (χ0) is 9.97. The summed E-state index contributed by atoms with van der Waals surface area (Å²) in [5.74, 6) is 1.70. The summed E-state index contributed by atoms with van der Waals surface area (Å²) in [4.78, 5) is 4.29. The van der Waals surface area contributed by atoms with Crippen molar-refractivity contribution in [2.45, 2.75) is 31.7 Å². The Kier molecular flexibility index (Phi) is 2.79. The lowest BCUT2D eigenvalue weighted by Crippen LogP contribution is -2.18. The van der Waals surface area contributed by atoms with Gasteiger partial charge in [-0.15, -0.1) is 0 Å². The van der Waals surface area contributed by atoms with E-state index in [0.717, 1.165) is 18.9 Å². The van der Waals surface area contributed by atoms with E-state index in [2.05, 4.69) is 10.1 Å². The van der Waals surface area contributed by atoms with Crippen LogP contribution < -0.4 is 5.73 Å². The summed E-state index contributed by atoms with van der Waals surface area (Å²) in [5.41, 5.74) is 5.63. The second-order valence-electron chi connectivity index (χ2n) is 3.79. The smallest absolute Gasteiger partial charge is 0.228 e. The number of hydrogen-bond acceptors (Lipinski definition) is 5. The summed E-state index contributed by atoms with van der Waals surface area (Å²) in [6.07, 6.45) is 1.62. The summed E-state index contributed by atoms with van der Waals surface area (Å²) >= 11 is 0. The van der Waals surface area contributed by atoms with Crippen LogP contribution in [0.2, 0.25) is 0 Å². The van der Waals surface area contributed by atoms with Gasteiger partial charge in [0.25, 0.3) is 0 Å². The number of nitrogens with two attached hydrogens (primary N) is 1. The molecular formula is C9H15N3O2. The van der Waals surface area contributed by atoms with Gasteiger partial charge in [-0.3, -0.25) is 0 Å². The van der Waals surface area contributed by atoms with Crippen LogP contribution in [-0.2, 0) is 11.2 Å². The number of aromatic nitrogens is 2. The first-order chi connectivity index (χ1) is 6.75. The fourth-order valence-electron chi connectivity index (χ4n) is 1.53. The van der Waals surface area contributed by atoms with Gasteiger partial charge in [-0.2, -0.15) is 4.98 Å². The zero-order valence-electron chi connectivity index (χ0n) is 8.27. The maximum atomic E-state index is 5.63. The van der Waals surface area contributed by atoms with Crippen LogP contribution in [-0.4, -0.2) is 29.4 Å². The highest BCUT2D eigenvalue weighted by atomic mass is 16.5. The van der Waals surface area contributed by atoms with Gasteiger partial charge in [0.15, 0.2) is 5.82 Å². The minimum atomic E-state index is 0.0585. The molecule has 1 aromatic rings. The molecule has 2 atom stereocenters. The second kappa shape index (κ2) is 4.06. The van der Waals surface area contributed by atoms with Gasteiger partial charge in [0.1, 0.15) is 0 Å². The lowest BCUT2D eigenvalue weighted by Gasteiger charge is -1.98. The molecule has 2 N–H and O–H groups in total. The Balaban J connectivity index is 2.01. The highest BCUT2D eigenvalue weighted by molar-refractivity contribution is 4.98. The highest BCUT2D eigenvalue weighted by Gasteiger charge is 2.23. The van der Waals surface area contributed by atoms with Crippen molar-refractivity contribution in [3.63, 3.8) is 0 Å². The molecule has 1 aromatic heterocycles. The lowest BCUT2D eigenvalue weighted by atomic mass is 10.1. The first kappa shape index (κ1) is 9.61. The number of rotatable bonds is 3. The van der Waals surface area contributed by atoms with Crippen LogP contribution in [0.25, 0.3) is 0 Å². The van der Waals surface area contributed by atoms with Gasteiger partial charge >= 0.3 is 0 Å². The van der Waals surface area contributed by atoms with Crippen molar-refractivity contribution in [1.82, 2.24) is 10.1 Å². The summed E-state index contributed by atoms with van der Waals surface area (Å²) < 4.78 is 10.3. The molecule has 0 aromatic carbocycles. The largest absolute Gasteiger partial charge is 0.381 e. The van der Waals surface area contributed by atoms with Gasteiger partial charge < -0.3 is 15.0 Å². The molecule has 0 bridgehead atoms. The van der Waals surface area contributed by atoms with Crippen molar-refractivity contribution in [1.29, 1.82) is 0 Å². The normalized spacial score (nSPS) is 24.0. The van der Waals surface area contributed by atoms with E-state index in [-0.39, 0.29) is 6.04 Å². The van der Waals surface area contributed by atoms with Gasteiger partial charge in [0, 0.05) is 25.0 Å². The molecule has 0 spiro atoms. The quantitative estimate of drug-likeness (QED) is 0.762. The SMILES string of the molecule is CC(N)Cc1nc(C2CCOC2)no1. The molecule has 0 radical (unpaired) electrons. The highest BCUT2D eigenvalue weighted by Crippen LogP contribution is 2.22. The first-order valence-electron chi connectivity index (χ1n) is 4.91. The van der Waals surface area contributed by atoms with E-state index in [4.69, 9.17) is 15.0 Å². The van der Waals surface area contributed by atoms with Gasteiger partial charge in [-0.1, -0.05) is 5.16 Å². The molecule has 14 heavy (non-hydrogen) atoms.